The van der Waals surface area contributed by atoms with E-state index in [4.69, 9.17) is 16.7 Å². The van der Waals surface area contributed by atoms with Gasteiger partial charge in [0.05, 0.1) is 15.2 Å². The van der Waals surface area contributed by atoms with Gasteiger partial charge in [-0.15, -0.1) is 0 Å². The highest BCUT2D eigenvalue weighted by molar-refractivity contribution is 9.10. The van der Waals surface area contributed by atoms with Gasteiger partial charge in [-0.05, 0) is 34.5 Å². The average molecular weight is 336 g/mol. The highest BCUT2D eigenvalue weighted by Gasteiger charge is 2.07. The number of nitrogens with one attached hydrogen (secondary N) is 2. The van der Waals surface area contributed by atoms with E-state index in [2.05, 4.69) is 26.6 Å². The Balaban J connectivity index is 2.40. The van der Waals surface area contributed by atoms with Gasteiger partial charge >= 0.3 is 12.0 Å². The Morgan fingerprint density at radius 1 is 1.39 bits per heavy atom. The maximum Gasteiger partial charge on any atom is 0.319 e. The molecule has 98 valence electrons. The van der Waals surface area contributed by atoms with Crippen molar-refractivity contribution in [3.05, 3.63) is 27.7 Å². The van der Waals surface area contributed by atoms with Crippen LogP contribution in [0.25, 0.3) is 0 Å². The fourth-order valence-electron chi connectivity index (χ4n) is 1.21. The van der Waals surface area contributed by atoms with E-state index in [1.54, 1.807) is 18.2 Å². The van der Waals surface area contributed by atoms with Crippen LogP contribution in [0.1, 0.15) is 12.8 Å². The van der Waals surface area contributed by atoms with E-state index in [1.807, 2.05) is 0 Å². The summed E-state index contributed by atoms with van der Waals surface area (Å²) in [5.74, 6) is -0.880. The maximum atomic E-state index is 11.5. The molecule has 5 nitrogen and oxygen atoms in total. The second kappa shape index (κ2) is 7.23. The highest BCUT2D eigenvalue weighted by atomic mass is 79.9. The molecule has 0 saturated carbocycles. The van der Waals surface area contributed by atoms with E-state index in [1.165, 1.54) is 0 Å². The molecular formula is C11H12BrClN2O3. The van der Waals surface area contributed by atoms with Crippen LogP contribution in [0.15, 0.2) is 22.7 Å². The lowest BCUT2D eigenvalue weighted by Crippen LogP contribution is -2.29. The van der Waals surface area contributed by atoms with Gasteiger partial charge in [0.25, 0.3) is 0 Å². The van der Waals surface area contributed by atoms with E-state index in [9.17, 15) is 9.59 Å². The third-order valence-corrected chi connectivity index (χ3v) is 3.45. The molecule has 0 fully saturated rings. The molecule has 3 N–H and O–H groups in total. The van der Waals surface area contributed by atoms with E-state index in [-0.39, 0.29) is 6.42 Å². The summed E-state index contributed by atoms with van der Waals surface area (Å²) >= 11 is 9.13. The molecule has 0 aliphatic carbocycles. The molecule has 0 aliphatic rings. The van der Waals surface area contributed by atoms with Gasteiger partial charge in [-0.2, -0.15) is 0 Å². The number of benzene rings is 1. The molecule has 2 amide bonds. The smallest absolute Gasteiger partial charge is 0.319 e. The van der Waals surface area contributed by atoms with Crippen molar-refractivity contribution < 1.29 is 14.7 Å². The van der Waals surface area contributed by atoms with Crippen LogP contribution in [0.5, 0.6) is 0 Å². The summed E-state index contributed by atoms with van der Waals surface area (Å²) in [5, 5.41) is 14.1. The number of halogens is 2. The van der Waals surface area contributed by atoms with Crippen molar-refractivity contribution in [2.75, 3.05) is 11.9 Å². The number of carbonyl (C=O) groups is 2. The lowest BCUT2D eigenvalue weighted by atomic mass is 10.3. The van der Waals surface area contributed by atoms with Gasteiger partial charge in [-0.3, -0.25) is 4.79 Å². The molecule has 1 aromatic carbocycles. The topological polar surface area (TPSA) is 78.4 Å². The molecule has 0 spiro atoms. The van der Waals surface area contributed by atoms with Crippen LogP contribution in [0.4, 0.5) is 10.5 Å². The van der Waals surface area contributed by atoms with Crippen molar-refractivity contribution in [2.24, 2.45) is 0 Å². The minimum atomic E-state index is -0.880. The molecule has 0 unspecified atom stereocenters. The molecular weight excluding hydrogens is 323 g/mol. The second-order valence-electron chi connectivity index (χ2n) is 3.48. The van der Waals surface area contributed by atoms with Gasteiger partial charge in [-0.25, -0.2) is 4.79 Å². The molecule has 0 aliphatic heterocycles. The zero-order valence-electron chi connectivity index (χ0n) is 9.37. The number of hydrogen-bond donors (Lipinski definition) is 3. The molecule has 0 radical (unpaired) electrons. The van der Waals surface area contributed by atoms with Gasteiger partial charge in [-0.1, -0.05) is 17.7 Å². The van der Waals surface area contributed by atoms with Crippen LogP contribution in [0, 0.1) is 0 Å². The zero-order valence-corrected chi connectivity index (χ0v) is 11.7. The molecule has 0 saturated heterocycles. The minimum Gasteiger partial charge on any atom is -0.481 e. The van der Waals surface area contributed by atoms with Crippen molar-refractivity contribution >= 4 is 45.2 Å². The Bertz CT molecular complexity index is 454. The predicted molar refractivity (Wildman–Crippen MR) is 73.0 cm³/mol. The number of rotatable bonds is 5. The van der Waals surface area contributed by atoms with Crippen LogP contribution < -0.4 is 10.6 Å². The third kappa shape index (κ3) is 4.93. The van der Waals surface area contributed by atoms with Gasteiger partial charge in [0.2, 0.25) is 0 Å². The van der Waals surface area contributed by atoms with Crippen LogP contribution in [-0.4, -0.2) is 23.7 Å². The Morgan fingerprint density at radius 2 is 2.11 bits per heavy atom. The molecule has 0 atom stereocenters. The lowest BCUT2D eigenvalue weighted by Gasteiger charge is -2.09. The Labute approximate surface area is 118 Å². The summed E-state index contributed by atoms with van der Waals surface area (Å²) in [7, 11) is 0. The van der Waals surface area contributed by atoms with Crippen molar-refractivity contribution in [3.8, 4) is 0 Å². The van der Waals surface area contributed by atoms with E-state index >= 15 is 0 Å². The Morgan fingerprint density at radius 3 is 2.78 bits per heavy atom. The van der Waals surface area contributed by atoms with E-state index < -0.39 is 12.0 Å². The largest absolute Gasteiger partial charge is 0.481 e. The fraction of sp³-hybridized carbons (Fsp3) is 0.273. The van der Waals surface area contributed by atoms with Crippen molar-refractivity contribution in [1.29, 1.82) is 0 Å². The molecule has 0 aromatic heterocycles. The summed E-state index contributed by atoms with van der Waals surface area (Å²) in [4.78, 5) is 21.8. The first kappa shape index (κ1) is 14.8. The summed E-state index contributed by atoms with van der Waals surface area (Å²) < 4.78 is 0.604. The number of anilines is 1. The number of aliphatic carboxylic acids is 1. The van der Waals surface area contributed by atoms with Gasteiger partial charge < -0.3 is 15.7 Å². The maximum absolute atomic E-state index is 11.5. The summed E-state index contributed by atoms with van der Waals surface area (Å²) in [6, 6.07) is 4.71. The molecule has 18 heavy (non-hydrogen) atoms. The first-order valence-electron chi connectivity index (χ1n) is 5.21. The SMILES string of the molecule is O=C(O)CCCNC(=O)Nc1cccc(Cl)c1Br. The fourth-order valence-corrected chi connectivity index (χ4v) is 1.75. The molecule has 1 rings (SSSR count). The zero-order chi connectivity index (χ0) is 13.5. The lowest BCUT2D eigenvalue weighted by molar-refractivity contribution is -0.137. The molecule has 1 aromatic rings. The first-order chi connectivity index (χ1) is 8.50. The molecule has 7 heteroatoms. The van der Waals surface area contributed by atoms with Gasteiger partial charge in [0.1, 0.15) is 0 Å². The monoisotopic (exact) mass is 334 g/mol. The highest BCUT2D eigenvalue weighted by Crippen LogP contribution is 2.29. The normalized spacial score (nSPS) is 9.89. The molecule has 0 heterocycles. The summed E-state index contributed by atoms with van der Waals surface area (Å²) in [6.45, 7) is 0.302. The third-order valence-electron chi connectivity index (χ3n) is 2.05. The predicted octanol–water partition coefficient (Wildman–Crippen LogP) is 3.09. The number of carboxylic acids is 1. The van der Waals surface area contributed by atoms with Crippen LogP contribution >= 0.6 is 27.5 Å². The Hall–Kier alpha value is -1.27. The molecule has 0 bridgehead atoms. The van der Waals surface area contributed by atoms with Crippen molar-refractivity contribution in [3.63, 3.8) is 0 Å². The summed E-state index contributed by atoms with van der Waals surface area (Å²) in [6.07, 6.45) is 0.417. The van der Waals surface area contributed by atoms with Crippen molar-refractivity contribution in [1.82, 2.24) is 5.32 Å². The Kier molecular flexibility index (Phi) is 5.94. The van der Waals surface area contributed by atoms with E-state index in [0.29, 0.717) is 28.1 Å². The van der Waals surface area contributed by atoms with E-state index in [0.717, 1.165) is 0 Å². The van der Waals surface area contributed by atoms with Crippen molar-refractivity contribution in [2.45, 2.75) is 12.8 Å². The number of carboxylic acid groups (broad SMARTS) is 1. The van der Waals surface area contributed by atoms with Crippen LogP contribution in [-0.2, 0) is 4.79 Å². The average Bonchev–Trinajstić information content (AvgIpc) is 2.30. The first-order valence-corrected chi connectivity index (χ1v) is 6.38. The van der Waals surface area contributed by atoms with Crippen LogP contribution in [0.2, 0.25) is 5.02 Å². The quantitative estimate of drug-likeness (QED) is 0.724. The second-order valence-corrected chi connectivity index (χ2v) is 4.68. The number of carbonyl (C=O) groups excluding carboxylic acids is 1. The number of hydrogen-bond acceptors (Lipinski definition) is 2. The van der Waals surface area contributed by atoms with Gasteiger partial charge in [0, 0.05) is 13.0 Å². The van der Waals surface area contributed by atoms with Gasteiger partial charge in [0.15, 0.2) is 0 Å². The minimum absolute atomic E-state index is 0.0289. The number of amides is 2. The van der Waals surface area contributed by atoms with Crippen LogP contribution in [0.3, 0.4) is 0 Å². The standard InChI is InChI=1S/C11H12BrClN2O3/c12-10-7(13)3-1-4-8(10)15-11(18)14-6-2-5-9(16)17/h1,3-4H,2,5-6H2,(H,16,17)(H2,14,15,18). The number of urea groups is 1. The summed E-state index contributed by atoms with van der Waals surface area (Å²) in [5.41, 5.74) is 0.554.